The molecule has 182 valence electrons. The van der Waals surface area contributed by atoms with Crippen LogP contribution in [-0.2, 0) is 17.3 Å². The van der Waals surface area contributed by atoms with E-state index in [1.807, 2.05) is 62.5 Å². The van der Waals surface area contributed by atoms with E-state index in [0.717, 1.165) is 22.6 Å². The molecule has 0 aliphatic rings. The lowest BCUT2D eigenvalue weighted by Gasteiger charge is -2.06. The Kier molecular flexibility index (Phi) is 8.72. The van der Waals surface area contributed by atoms with Gasteiger partial charge in [-0.3, -0.25) is 9.19 Å². The Morgan fingerprint density at radius 3 is 2.38 bits per heavy atom. The lowest BCUT2D eigenvalue weighted by Crippen LogP contribution is -2.04. The fraction of sp³-hybridized carbons (Fsp3) is 0.250. The third kappa shape index (κ3) is 5.78. The van der Waals surface area contributed by atoms with Crippen molar-refractivity contribution >= 4 is 10.8 Å². The van der Waals surface area contributed by atoms with Crippen LogP contribution in [-0.4, -0.2) is 54.4 Å². The smallest absolute Gasteiger partial charge is 0.268 e. The summed E-state index contributed by atoms with van der Waals surface area (Å²) in [7, 11) is 0.770. The SMILES string of the molecule is CNCc1ccc(-c2nnc(-c3nc(-c4ccc(S(=O)CCCO)cc4)cnc3C)o2)cc1.O.[HH].[HH]. The van der Waals surface area contributed by atoms with Crippen molar-refractivity contribution in [2.45, 2.75) is 24.8 Å². The van der Waals surface area contributed by atoms with E-state index in [2.05, 4.69) is 20.5 Å². The van der Waals surface area contributed by atoms with Gasteiger partial charge in [0.1, 0.15) is 5.69 Å². The van der Waals surface area contributed by atoms with Crippen LogP contribution in [0.15, 0.2) is 64.0 Å². The van der Waals surface area contributed by atoms with Crippen LogP contribution in [0.5, 0.6) is 0 Å². The fourth-order valence-corrected chi connectivity index (χ4v) is 4.35. The molecule has 1 unspecified atom stereocenters. The zero-order valence-corrected chi connectivity index (χ0v) is 19.8. The van der Waals surface area contributed by atoms with Crippen molar-refractivity contribution in [1.82, 2.24) is 25.5 Å². The van der Waals surface area contributed by atoms with Crippen LogP contribution < -0.4 is 5.32 Å². The van der Waals surface area contributed by atoms with Gasteiger partial charge in [-0.25, -0.2) is 4.98 Å². The average Bonchev–Trinajstić information content (AvgIpc) is 3.34. The number of nitrogens with zero attached hydrogens (tertiary/aromatic N) is 4. The van der Waals surface area contributed by atoms with Crippen LogP contribution in [0.1, 0.15) is 20.5 Å². The number of hydrogen-bond donors (Lipinski definition) is 2. The van der Waals surface area contributed by atoms with Gasteiger partial charge in [0.15, 0.2) is 0 Å². The van der Waals surface area contributed by atoms with Crippen molar-refractivity contribution in [3.63, 3.8) is 0 Å². The third-order valence-electron chi connectivity index (χ3n) is 5.07. The van der Waals surface area contributed by atoms with Crippen molar-refractivity contribution in [2.75, 3.05) is 19.4 Å². The molecule has 9 nitrogen and oxygen atoms in total. The van der Waals surface area contributed by atoms with Crippen molar-refractivity contribution in [2.24, 2.45) is 0 Å². The summed E-state index contributed by atoms with van der Waals surface area (Å²) in [5.74, 6) is 1.15. The standard InChI is InChI=1S/C24H25N5O3S.H2O.2H2/c1-16-22(24-29-28-23(32-24)19-6-4-17(5-7-19)14-25-2)27-21(15-26-16)18-8-10-20(11-9-18)33(31)13-3-12-30;;;/h4-11,15,25,30H,3,12-14H2,1-2H3;1H2;2*1H. The number of aromatic nitrogens is 4. The molecule has 0 amide bonds. The summed E-state index contributed by atoms with van der Waals surface area (Å²) in [4.78, 5) is 9.88. The Bertz CT molecular complexity index is 1250. The largest absolute Gasteiger partial charge is 0.415 e. The van der Waals surface area contributed by atoms with Gasteiger partial charge in [0.05, 0.1) is 28.4 Å². The number of aliphatic hydroxyl groups excluding tert-OH is 1. The van der Waals surface area contributed by atoms with Gasteiger partial charge in [-0.15, -0.1) is 10.2 Å². The van der Waals surface area contributed by atoms with E-state index in [1.54, 1.807) is 6.20 Å². The van der Waals surface area contributed by atoms with Gasteiger partial charge in [-0.05, 0) is 50.2 Å². The molecule has 1 atom stereocenters. The Hall–Kier alpha value is -3.31. The van der Waals surface area contributed by atoms with Gasteiger partial charge >= 0.3 is 0 Å². The molecule has 2 heterocycles. The Morgan fingerprint density at radius 1 is 1.03 bits per heavy atom. The number of hydrogen-bond acceptors (Lipinski definition) is 8. The summed E-state index contributed by atoms with van der Waals surface area (Å²) in [6.07, 6.45) is 2.20. The lowest BCUT2D eigenvalue weighted by atomic mass is 10.1. The van der Waals surface area contributed by atoms with E-state index in [-0.39, 0.29) is 14.9 Å². The summed E-state index contributed by atoms with van der Waals surface area (Å²) in [6, 6.07) is 15.3. The molecule has 0 radical (unpaired) electrons. The zero-order valence-electron chi connectivity index (χ0n) is 19.0. The molecule has 4 rings (SSSR count). The summed E-state index contributed by atoms with van der Waals surface area (Å²) in [5, 5.41) is 20.4. The summed E-state index contributed by atoms with van der Waals surface area (Å²) in [5.41, 5.74) is 4.69. The number of benzene rings is 2. The van der Waals surface area contributed by atoms with Gasteiger partial charge in [0, 0.05) is 37.8 Å². The maximum absolute atomic E-state index is 12.2. The number of aryl methyl sites for hydroxylation is 1. The third-order valence-corrected chi connectivity index (χ3v) is 6.52. The first-order valence-electron chi connectivity index (χ1n) is 10.6. The van der Waals surface area contributed by atoms with E-state index >= 15 is 0 Å². The molecule has 0 fully saturated rings. The fourth-order valence-electron chi connectivity index (χ4n) is 3.29. The number of nitrogens with one attached hydrogen (secondary N) is 1. The van der Waals surface area contributed by atoms with E-state index in [4.69, 9.17) is 14.5 Å². The topological polar surface area (TPSA) is 146 Å². The van der Waals surface area contributed by atoms with Crippen LogP contribution in [0.3, 0.4) is 0 Å². The normalized spacial score (nSPS) is 11.7. The highest BCUT2D eigenvalue weighted by Crippen LogP contribution is 2.27. The highest BCUT2D eigenvalue weighted by Gasteiger charge is 2.16. The lowest BCUT2D eigenvalue weighted by molar-refractivity contribution is 0.296. The molecule has 4 aromatic rings. The molecular weight excluding hydrogens is 454 g/mol. The monoisotopic (exact) mass is 485 g/mol. The Labute approximate surface area is 203 Å². The molecule has 0 bridgehead atoms. The molecule has 0 saturated heterocycles. The molecular formula is C24H31N5O4S. The predicted molar refractivity (Wildman–Crippen MR) is 135 cm³/mol. The minimum absolute atomic E-state index is 0. The van der Waals surface area contributed by atoms with Gasteiger partial charge in [0.2, 0.25) is 5.89 Å². The van der Waals surface area contributed by atoms with Crippen molar-refractivity contribution < 1.29 is 22.1 Å². The maximum Gasteiger partial charge on any atom is 0.268 e. The number of rotatable bonds is 9. The summed E-state index contributed by atoms with van der Waals surface area (Å²) < 4.78 is 18.2. The van der Waals surface area contributed by atoms with Crippen LogP contribution in [0, 0.1) is 6.92 Å². The zero-order chi connectivity index (χ0) is 23.2. The van der Waals surface area contributed by atoms with Crippen LogP contribution in [0.25, 0.3) is 34.3 Å². The van der Waals surface area contributed by atoms with Gasteiger partial charge in [0.25, 0.3) is 5.89 Å². The van der Waals surface area contributed by atoms with Gasteiger partial charge in [-0.2, -0.15) is 0 Å². The molecule has 0 aliphatic carbocycles. The first-order chi connectivity index (χ1) is 16.1. The van der Waals surface area contributed by atoms with E-state index in [1.165, 1.54) is 5.56 Å². The molecule has 2 aromatic heterocycles. The van der Waals surface area contributed by atoms with Crippen molar-refractivity contribution in [3.8, 4) is 34.3 Å². The molecule has 0 aliphatic heterocycles. The van der Waals surface area contributed by atoms with E-state index < -0.39 is 10.8 Å². The second-order valence-corrected chi connectivity index (χ2v) is 9.05. The maximum atomic E-state index is 12.2. The second kappa shape index (κ2) is 11.7. The van der Waals surface area contributed by atoms with Gasteiger partial charge < -0.3 is 20.3 Å². The molecule has 2 aromatic carbocycles. The first-order valence-corrected chi connectivity index (χ1v) is 11.9. The van der Waals surface area contributed by atoms with Gasteiger partial charge in [-0.1, -0.05) is 24.3 Å². The quantitative estimate of drug-likeness (QED) is 0.368. The van der Waals surface area contributed by atoms with E-state index in [0.29, 0.717) is 41.0 Å². The van der Waals surface area contributed by atoms with Crippen molar-refractivity contribution in [1.29, 1.82) is 0 Å². The van der Waals surface area contributed by atoms with Crippen LogP contribution >= 0.6 is 0 Å². The molecule has 0 saturated carbocycles. The predicted octanol–water partition coefficient (Wildman–Crippen LogP) is 3.05. The van der Waals surface area contributed by atoms with E-state index in [9.17, 15) is 4.21 Å². The number of aliphatic hydroxyl groups is 1. The minimum Gasteiger partial charge on any atom is -0.415 e. The minimum atomic E-state index is -1.14. The first kappa shape index (κ1) is 25.3. The second-order valence-electron chi connectivity index (χ2n) is 7.48. The average molecular weight is 486 g/mol. The van der Waals surface area contributed by atoms with Crippen LogP contribution in [0.4, 0.5) is 0 Å². The van der Waals surface area contributed by atoms with Crippen molar-refractivity contribution in [3.05, 3.63) is 66.0 Å². The Morgan fingerprint density at radius 2 is 1.71 bits per heavy atom. The molecule has 34 heavy (non-hydrogen) atoms. The highest BCUT2D eigenvalue weighted by molar-refractivity contribution is 7.85. The molecule has 0 spiro atoms. The summed E-state index contributed by atoms with van der Waals surface area (Å²) in [6.45, 7) is 2.66. The summed E-state index contributed by atoms with van der Waals surface area (Å²) >= 11 is 0. The molecule has 4 N–H and O–H groups in total. The molecule has 10 heteroatoms. The Balaban J connectivity index is 0.00000216. The highest BCUT2D eigenvalue weighted by atomic mass is 32.2. The van der Waals surface area contributed by atoms with Crippen LogP contribution in [0.2, 0.25) is 0 Å².